The van der Waals surface area contributed by atoms with Crippen molar-refractivity contribution in [3.8, 4) is 0 Å². The zero-order valence-corrected chi connectivity index (χ0v) is 13.6. The number of benzene rings is 1. The van der Waals surface area contributed by atoms with E-state index in [1.165, 1.54) is 34.5 Å². The number of sulfonamides is 1. The molecule has 21 heavy (non-hydrogen) atoms. The van der Waals surface area contributed by atoms with Gasteiger partial charge in [0.1, 0.15) is 4.21 Å². The quantitative estimate of drug-likeness (QED) is 0.868. The Balaban J connectivity index is 2.29. The van der Waals surface area contributed by atoms with Crippen LogP contribution in [-0.2, 0) is 14.8 Å². The van der Waals surface area contributed by atoms with Crippen LogP contribution in [0.5, 0.6) is 0 Å². The molecule has 0 saturated heterocycles. The summed E-state index contributed by atoms with van der Waals surface area (Å²) >= 11 is 1.18. The summed E-state index contributed by atoms with van der Waals surface area (Å²) in [5.41, 5.74) is 1.26. The molecule has 0 saturated carbocycles. The van der Waals surface area contributed by atoms with Gasteiger partial charge in [0, 0.05) is 26.7 Å². The zero-order chi connectivity index (χ0) is 15.6. The highest BCUT2D eigenvalue weighted by molar-refractivity contribution is 7.94. The van der Waals surface area contributed by atoms with Crippen molar-refractivity contribution in [3.63, 3.8) is 0 Å². The van der Waals surface area contributed by atoms with E-state index in [9.17, 15) is 13.2 Å². The average Bonchev–Trinajstić information content (AvgIpc) is 3.00. The molecule has 0 spiro atoms. The van der Waals surface area contributed by atoms with Crippen molar-refractivity contribution in [2.45, 2.75) is 11.1 Å². The molecule has 0 fully saturated rings. The molecule has 0 bridgehead atoms. The van der Waals surface area contributed by atoms with Crippen LogP contribution in [0.15, 0.2) is 46.0 Å². The Labute approximate surface area is 128 Å². The van der Waals surface area contributed by atoms with Gasteiger partial charge in [0.05, 0.1) is 5.69 Å². The second-order valence-electron chi connectivity index (χ2n) is 4.50. The fraction of sp³-hybridized carbons (Fsp3) is 0.214. The highest BCUT2D eigenvalue weighted by atomic mass is 32.2. The van der Waals surface area contributed by atoms with Crippen LogP contribution in [0.1, 0.15) is 6.92 Å². The minimum atomic E-state index is -3.53. The van der Waals surface area contributed by atoms with E-state index in [0.717, 1.165) is 0 Å². The van der Waals surface area contributed by atoms with Crippen molar-refractivity contribution in [3.05, 3.63) is 41.8 Å². The Morgan fingerprint density at radius 1 is 1.05 bits per heavy atom. The summed E-state index contributed by atoms with van der Waals surface area (Å²) < 4.78 is 26.3. The molecule has 5 nitrogen and oxygen atoms in total. The number of nitrogens with zero attached hydrogens (tertiary/aromatic N) is 2. The van der Waals surface area contributed by atoms with E-state index < -0.39 is 10.0 Å². The van der Waals surface area contributed by atoms with Gasteiger partial charge in [0.25, 0.3) is 10.0 Å². The molecule has 1 aromatic heterocycles. The van der Waals surface area contributed by atoms with Crippen LogP contribution < -0.4 is 9.21 Å². The number of anilines is 2. The van der Waals surface area contributed by atoms with E-state index in [0.29, 0.717) is 15.6 Å². The van der Waals surface area contributed by atoms with Crippen LogP contribution in [0.2, 0.25) is 0 Å². The zero-order valence-electron chi connectivity index (χ0n) is 12.0. The van der Waals surface area contributed by atoms with Gasteiger partial charge in [-0.3, -0.25) is 9.10 Å². The number of rotatable bonds is 4. The Morgan fingerprint density at radius 3 is 2.10 bits per heavy atom. The smallest absolute Gasteiger partial charge is 0.273 e. The molecule has 1 amide bonds. The molecular weight excluding hydrogens is 308 g/mol. The molecule has 112 valence electrons. The fourth-order valence-corrected chi connectivity index (χ4v) is 4.11. The molecule has 1 aromatic carbocycles. The molecular formula is C14H16N2O3S2. The minimum Gasteiger partial charge on any atom is -0.316 e. The summed E-state index contributed by atoms with van der Waals surface area (Å²) in [6, 6.07) is 10.1. The normalized spacial score (nSPS) is 11.2. The third-order valence-electron chi connectivity index (χ3n) is 3.18. The van der Waals surface area contributed by atoms with Gasteiger partial charge in [-0.05, 0) is 35.7 Å². The number of carbonyl (C=O) groups excluding carboxylic acids is 1. The van der Waals surface area contributed by atoms with E-state index in [4.69, 9.17) is 0 Å². The topological polar surface area (TPSA) is 57.7 Å². The summed E-state index contributed by atoms with van der Waals surface area (Å²) in [7, 11) is -0.344. The van der Waals surface area contributed by atoms with Crippen molar-refractivity contribution in [2.24, 2.45) is 0 Å². The van der Waals surface area contributed by atoms with Gasteiger partial charge < -0.3 is 4.90 Å². The first kappa shape index (κ1) is 15.5. The second-order valence-corrected chi connectivity index (χ2v) is 7.64. The van der Waals surface area contributed by atoms with E-state index in [1.807, 2.05) is 0 Å². The van der Waals surface area contributed by atoms with Gasteiger partial charge in [-0.2, -0.15) is 0 Å². The largest absolute Gasteiger partial charge is 0.316 e. The Hall–Kier alpha value is -1.86. The maximum atomic E-state index is 12.4. The van der Waals surface area contributed by atoms with Crippen LogP contribution >= 0.6 is 11.3 Å². The predicted molar refractivity (Wildman–Crippen MR) is 85.4 cm³/mol. The summed E-state index contributed by atoms with van der Waals surface area (Å²) in [6.45, 7) is 1.47. The highest BCUT2D eigenvalue weighted by Gasteiger charge is 2.22. The van der Waals surface area contributed by atoms with Crippen LogP contribution in [0.4, 0.5) is 11.4 Å². The number of carbonyl (C=O) groups is 1. The molecule has 7 heteroatoms. The van der Waals surface area contributed by atoms with E-state index in [1.54, 1.807) is 48.8 Å². The summed E-state index contributed by atoms with van der Waals surface area (Å²) in [4.78, 5) is 12.8. The van der Waals surface area contributed by atoms with Crippen LogP contribution in [0, 0.1) is 0 Å². The molecule has 2 rings (SSSR count). The first-order valence-corrected chi connectivity index (χ1v) is 8.53. The molecule has 0 N–H and O–H groups in total. The first-order chi connectivity index (χ1) is 9.84. The van der Waals surface area contributed by atoms with Crippen molar-refractivity contribution in [2.75, 3.05) is 23.3 Å². The molecule has 0 atom stereocenters. The standard InChI is InChI=1S/C14H16N2O3S2/c1-11(17)15(2)12-6-8-13(9-7-12)16(3)21(18,19)14-5-4-10-20-14/h4-10H,1-3H3. The van der Waals surface area contributed by atoms with Gasteiger partial charge in [-0.25, -0.2) is 8.42 Å². The highest BCUT2D eigenvalue weighted by Crippen LogP contribution is 2.26. The third-order valence-corrected chi connectivity index (χ3v) is 6.34. The van der Waals surface area contributed by atoms with Gasteiger partial charge in [-0.1, -0.05) is 6.07 Å². The Morgan fingerprint density at radius 2 is 1.62 bits per heavy atom. The van der Waals surface area contributed by atoms with E-state index in [2.05, 4.69) is 0 Å². The monoisotopic (exact) mass is 324 g/mol. The van der Waals surface area contributed by atoms with Crippen LogP contribution in [0.25, 0.3) is 0 Å². The average molecular weight is 324 g/mol. The maximum Gasteiger partial charge on any atom is 0.273 e. The Bertz CT molecular complexity index is 722. The molecule has 0 aliphatic rings. The van der Waals surface area contributed by atoms with Crippen molar-refractivity contribution in [1.29, 1.82) is 0 Å². The lowest BCUT2D eigenvalue weighted by molar-refractivity contribution is -0.116. The van der Waals surface area contributed by atoms with Gasteiger partial charge >= 0.3 is 0 Å². The maximum absolute atomic E-state index is 12.4. The third kappa shape index (κ3) is 3.08. The molecule has 0 radical (unpaired) electrons. The minimum absolute atomic E-state index is 0.0812. The summed E-state index contributed by atoms with van der Waals surface area (Å²) in [6.07, 6.45) is 0. The first-order valence-electron chi connectivity index (χ1n) is 6.21. The number of amides is 1. The molecule has 0 aliphatic carbocycles. The van der Waals surface area contributed by atoms with Gasteiger partial charge in [0.15, 0.2) is 0 Å². The number of hydrogen-bond donors (Lipinski definition) is 0. The summed E-state index contributed by atoms with van der Waals surface area (Å²) in [5, 5.41) is 1.73. The SMILES string of the molecule is CC(=O)N(C)c1ccc(N(C)S(=O)(=O)c2cccs2)cc1. The molecule has 0 unspecified atom stereocenters. The Kier molecular flexibility index (Phi) is 4.34. The fourth-order valence-electron chi connectivity index (χ4n) is 1.75. The molecule has 1 heterocycles. The van der Waals surface area contributed by atoms with Crippen LogP contribution in [0.3, 0.4) is 0 Å². The lowest BCUT2D eigenvalue weighted by Gasteiger charge is -2.20. The van der Waals surface area contributed by atoms with Crippen LogP contribution in [-0.4, -0.2) is 28.4 Å². The van der Waals surface area contributed by atoms with Gasteiger partial charge in [-0.15, -0.1) is 11.3 Å². The van der Waals surface area contributed by atoms with Crippen molar-refractivity contribution < 1.29 is 13.2 Å². The summed E-state index contributed by atoms with van der Waals surface area (Å²) in [5.74, 6) is -0.0812. The van der Waals surface area contributed by atoms with E-state index in [-0.39, 0.29) is 5.91 Å². The van der Waals surface area contributed by atoms with Gasteiger partial charge in [0.2, 0.25) is 5.91 Å². The van der Waals surface area contributed by atoms with Crippen molar-refractivity contribution in [1.82, 2.24) is 0 Å². The lowest BCUT2D eigenvalue weighted by atomic mass is 10.2. The molecule has 0 aliphatic heterocycles. The van der Waals surface area contributed by atoms with Crippen molar-refractivity contribution >= 4 is 38.6 Å². The predicted octanol–water partition coefficient (Wildman–Crippen LogP) is 2.56. The van der Waals surface area contributed by atoms with E-state index >= 15 is 0 Å². The number of thiophene rings is 1. The number of hydrogen-bond acceptors (Lipinski definition) is 4. The molecule has 2 aromatic rings. The second kappa shape index (κ2) is 5.87. The lowest BCUT2D eigenvalue weighted by Crippen LogP contribution is -2.26.